The first-order valence-electron chi connectivity index (χ1n) is 6.95. The fourth-order valence-corrected chi connectivity index (χ4v) is 3.09. The van der Waals surface area contributed by atoms with Gasteiger partial charge in [0.1, 0.15) is 0 Å². The molecule has 0 aromatic heterocycles. The van der Waals surface area contributed by atoms with Crippen LogP contribution in [0.5, 0.6) is 0 Å². The average Bonchev–Trinajstić information content (AvgIpc) is 2.68. The fraction of sp³-hybridized carbons (Fsp3) is 0.533. The lowest BCUT2D eigenvalue weighted by molar-refractivity contribution is -0.130. The van der Waals surface area contributed by atoms with Crippen LogP contribution in [-0.2, 0) is 4.79 Å². The van der Waals surface area contributed by atoms with Gasteiger partial charge >= 0.3 is 0 Å². The van der Waals surface area contributed by atoms with E-state index in [2.05, 4.69) is 16.1 Å². The molecule has 4 nitrogen and oxygen atoms in total. The van der Waals surface area contributed by atoms with E-state index < -0.39 is 0 Å². The van der Waals surface area contributed by atoms with Gasteiger partial charge in [-0.2, -0.15) is 0 Å². The Morgan fingerprint density at radius 1 is 1.32 bits per heavy atom. The molecule has 3 aliphatic heterocycles. The van der Waals surface area contributed by atoms with E-state index in [0.29, 0.717) is 5.92 Å². The van der Waals surface area contributed by atoms with Crippen LogP contribution in [0.2, 0.25) is 0 Å². The van der Waals surface area contributed by atoms with Crippen LogP contribution < -0.4 is 0 Å². The molecule has 0 aromatic carbocycles. The smallest absolute Gasteiger partial charge is 0.219 e. The third-order valence-corrected chi connectivity index (χ3v) is 4.21. The Balaban J connectivity index is 1.75. The summed E-state index contributed by atoms with van der Waals surface area (Å²) < 4.78 is 0. The second kappa shape index (κ2) is 5.11. The summed E-state index contributed by atoms with van der Waals surface area (Å²) in [5, 5.41) is 0. The van der Waals surface area contributed by atoms with Crippen molar-refractivity contribution in [2.75, 3.05) is 19.6 Å². The van der Waals surface area contributed by atoms with Gasteiger partial charge in [0, 0.05) is 32.4 Å². The summed E-state index contributed by atoms with van der Waals surface area (Å²) in [6, 6.07) is 0.218. The highest BCUT2D eigenvalue weighted by Gasteiger charge is 2.29. The van der Waals surface area contributed by atoms with Gasteiger partial charge in [0.05, 0.1) is 12.6 Å². The van der Waals surface area contributed by atoms with Gasteiger partial charge in [-0.25, -0.2) is 0 Å². The minimum atomic E-state index is 0.192. The number of fused-ring (bicyclic) bond motifs is 1. The molecule has 0 aromatic rings. The van der Waals surface area contributed by atoms with E-state index in [-0.39, 0.29) is 11.9 Å². The predicted octanol–water partition coefficient (Wildman–Crippen LogP) is 1.64. The predicted molar refractivity (Wildman–Crippen MR) is 76.8 cm³/mol. The van der Waals surface area contributed by atoms with Gasteiger partial charge in [-0.3, -0.25) is 14.8 Å². The largest absolute Gasteiger partial charge is 0.343 e. The lowest BCUT2D eigenvalue weighted by Gasteiger charge is -2.31. The number of likely N-dealkylation sites (tertiary alicyclic amines) is 1. The Labute approximate surface area is 113 Å². The average molecular weight is 257 g/mol. The number of aliphatic imine (C=N–C) groups is 2. The van der Waals surface area contributed by atoms with Crippen LogP contribution in [0.15, 0.2) is 33.3 Å². The minimum absolute atomic E-state index is 0.192. The topological polar surface area (TPSA) is 45.0 Å². The van der Waals surface area contributed by atoms with Gasteiger partial charge < -0.3 is 4.90 Å². The summed E-state index contributed by atoms with van der Waals surface area (Å²) in [6.45, 7) is 4.15. The maximum absolute atomic E-state index is 11.4. The lowest BCUT2D eigenvalue weighted by Crippen LogP contribution is -2.37. The second-order valence-electron chi connectivity index (χ2n) is 5.36. The lowest BCUT2D eigenvalue weighted by atomic mass is 9.86. The van der Waals surface area contributed by atoms with Crippen LogP contribution in [0.4, 0.5) is 0 Å². The number of rotatable bonds is 1. The van der Waals surface area contributed by atoms with Crippen LogP contribution >= 0.6 is 0 Å². The first-order chi connectivity index (χ1) is 9.25. The molecular formula is C15H19N3O. The van der Waals surface area contributed by atoms with Crippen molar-refractivity contribution in [2.24, 2.45) is 15.9 Å². The van der Waals surface area contributed by atoms with Gasteiger partial charge in [0.25, 0.3) is 0 Å². The number of carbonyl (C=O) groups excluding carboxylic acids is 1. The van der Waals surface area contributed by atoms with Crippen molar-refractivity contribution >= 4 is 18.3 Å². The highest BCUT2D eigenvalue weighted by atomic mass is 16.2. The number of hydrogen-bond donors (Lipinski definition) is 0. The van der Waals surface area contributed by atoms with Gasteiger partial charge in [0.15, 0.2) is 0 Å². The SMILES string of the molecule is CC(=O)N1CCC(C2=C3C=CC=NCC3N=C2)CC1. The Bertz CT molecular complexity index is 494. The molecule has 0 saturated carbocycles. The molecule has 100 valence electrons. The third kappa shape index (κ3) is 2.39. The van der Waals surface area contributed by atoms with Crippen LogP contribution in [0.1, 0.15) is 19.8 Å². The highest BCUT2D eigenvalue weighted by Crippen LogP contribution is 2.32. The summed E-state index contributed by atoms with van der Waals surface area (Å²) in [5.74, 6) is 0.735. The first kappa shape index (κ1) is 12.3. The van der Waals surface area contributed by atoms with E-state index in [1.54, 1.807) is 6.92 Å². The molecule has 0 spiro atoms. The van der Waals surface area contributed by atoms with Crippen molar-refractivity contribution in [3.8, 4) is 0 Å². The van der Waals surface area contributed by atoms with E-state index in [1.165, 1.54) is 11.1 Å². The molecule has 1 unspecified atom stereocenters. The summed E-state index contributed by atoms with van der Waals surface area (Å²) in [4.78, 5) is 22.2. The van der Waals surface area contributed by atoms with E-state index in [9.17, 15) is 4.79 Å². The number of nitrogens with zero attached hydrogens (tertiary/aromatic N) is 3. The Kier molecular flexibility index (Phi) is 3.32. The molecule has 0 N–H and O–H groups in total. The summed E-state index contributed by atoms with van der Waals surface area (Å²) in [6.07, 6.45) is 10.2. The number of amides is 1. The Morgan fingerprint density at radius 2 is 2.11 bits per heavy atom. The van der Waals surface area contributed by atoms with Crippen LogP contribution in [0.25, 0.3) is 0 Å². The molecule has 0 aliphatic carbocycles. The van der Waals surface area contributed by atoms with E-state index in [0.717, 1.165) is 32.5 Å². The van der Waals surface area contributed by atoms with Crippen molar-refractivity contribution < 1.29 is 4.79 Å². The zero-order valence-electron chi connectivity index (χ0n) is 11.2. The van der Waals surface area contributed by atoms with Crippen molar-refractivity contribution in [3.63, 3.8) is 0 Å². The molecule has 3 heterocycles. The summed E-state index contributed by atoms with van der Waals surface area (Å²) in [5.41, 5.74) is 2.70. The van der Waals surface area contributed by atoms with E-state index in [4.69, 9.17) is 0 Å². The quantitative estimate of drug-likeness (QED) is 0.704. The number of allylic oxidation sites excluding steroid dienone is 2. The van der Waals surface area contributed by atoms with Crippen LogP contribution in [0, 0.1) is 5.92 Å². The molecule has 1 amide bonds. The molecule has 1 atom stereocenters. The first-order valence-corrected chi connectivity index (χ1v) is 6.95. The van der Waals surface area contributed by atoms with Gasteiger partial charge in [-0.1, -0.05) is 6.08 Å². The molecular weight excluding hydrogens is 238 g/mol. The Morgan fingerprint density at radius 3 is 2.84 bits per heavy atom. The zero-order valence-corrected chi connectivity index (χ0v) is 11.2. The molecule has 3 rings (SSSR count). The maximum Gasteiger partial charge on any atom is 0.219 e. The number of piperidine rings is 1. The second-order valence-corrected chi connectivity index (χ2v) is 5.36. The molecule has 0 radical (unpaired) electrons. The normalized spacial score (nSPS) is 26.8. The van der Waals surface area contributed by atoms with Gasteiger partial charge in [0.2, 0.25) is 5.91 Å². The fourth-order valence-electron chi connectivity index (χ4n) is 3.09. The number of hydrogen-bond acceptors (Lipinski definition) is 3. The van der Waals surface area contributed by atoms with E-state index in [1.807, 2.05) is 23.4 Å². The molecule has 4 heteroatoms. The van der Waals surface area contributed by atoms with Crippen molar-refractivity contribution in [3.05, 3.63) is 23.3 Å². The Hall–Kier alpha value is -1.71. The maximum atomic E-state index is 11.4. The molecule has 19 heavy (non-hydrogen) atoms. The van der Waals surface area contributed by atoms with Crippen LogP contribution in [-0.4, -0.2) is 48.9 Å². The number of carbonyl (C=O) groups is 1. The molecule has 0 bridgehead atoms. The van der Waals surface area contributed by atoms with Crippen molar-refractivity contribution in [1.29, 1.82) is 0 Å². The third-order valence-electron chi connectivity index (χ3n) is 4.21. The van der Waals surface area contributed by atoms with Crippen molar-refractivity contribution in [1.82, 2.24) is 4.90 Å². The molecule has 1 fully saturated rings. The van der Waals surface area contributed by atoms with Crippen LogP contribution in [0.3, 0.4) is 0 Å². The monoisotopic (exact) mass is 257 g/mol. The minimum Gasteiger partial charge on any atom is -0.343 e. The zero-order chi connectivity index (χ0) is 13.2. The van der Waals surface area contributed by atoms with E-state index >= 15 is 0 Å². The van der Waals surface area contributed by atoms with Gasteiger partial charge in [-0.05, 0) is 36.0 Å². The summed E-state index contributed by atoms with van der Waals surface area (Å²) >= 11 is 0. The molecule has 1 saturated heterocycles. The summed E-state index contributed by atoms with van der Waals surface area (Å²) in [7, 11) is 0. The standard InChI is InChI=1S/C15H19N3O/c1-11(19)18-7-4-12(5-8-18)14-9-17-15-10-16-6-2-3-13(14)15/h2-3,6,9,12,15H,4-5,7-8,10H2,1H3. The molecule has 3 aliphatic rings. The highest BCUT2D eigenvalue weighted by molar-refractivity contribution is 5.86. The van der Waals surface area contributed by atoms with Crippen molar-refractivity contribution in [2.45, 2.75) is 25.8 Å². The van der Waals surface area contributed by atoms with Gasteiger partial charge in [-0.15, -0.1) is 0 Å².